The van der Waals surface area contributed by atoms with Gasteiger partial charge in [-0.2, -0.15) is 0 Å². The number of primary amides is 1. The van der Waals surface area contributed by atoms with Crippen molar-refractivity contribution in [3.8, 4) is 0 Å². The van der Waals surface area contributed by atoms with Gasteiger partial charge in [-0.05, 0) is 36.2 Å². The number of anilines is 2. The van der Waals surface area contributed by atoms with Gasteiger partial charge in [-0.3, -0.25) is 10.1 Å². The van der Waals surface area contributed by atoms with Crippen LogP contribution in [0, 0.1) is 0 Å². The van der Waals surface area contributed by atoms with Crippen molar-refractivity contribution in [1.82, 2.24) is 0 Å². The minimum atomic E-state index is -1.05. The van der Waals surface area contributed by atoms with Gasteiger partial charge in [0, 0.05) is 29.5 Å². The summed E-state index contributed by atoms with van der Waals surface area (Å²) in [5.41, 5.74) is 7.39. The highest BCUT2D eigenvalue weighted by Gasteiger charge is 2.34. The second-order valence-corrected chi connectivity index (χ2v) is 9.15. The number of carbonyl (C=O) groups excluding carboxylic acids is 3. The molecule has 1 aromatic carbocycles. The van der Waals surface area contributed by atoms with Crippen LogP contribution in [0.25, 0.3) is 0 Å². The van der Waals surface area contributed by atoms with Crippen LogP contribution in [0.15, 0.2) is 24.3 Å². The number of carboxylic acids is 1. The molecule has 8 nitrogen and oxygen atoms in total. The Hall–Kier alpha value is -2.62. The summed E-state index contributed by atoms with van der Waals surface area (Å²) < 4.78 is 0.662. The highest BCUT2D eigenvalue weighted by Crippen LogP contribution is 2.38. The van der Waals surface area contributed by atoms with E-state index in [0.29, 0.717) is 51.7 Å². The number of likely N-dealkylation sites (N-methyl/N-ethyl adjacent to an activating group) is 1. The average Bonchev–Trinajstić information content (AvgIpc) is 2.99. The molecule has 0 saturated heterocycles. The van der Waals surface area contributed by atoms with E-state index in [1.165, 1.54) is 11.3 Å². The molecule has 1 aromatic heterocycles. The van der Waals surface area contributed by atoms with Crippen molar-refractivity contribution in [3.05, 3.63) is 45.3 Å². The third-order valence-corrected chi connectivity index (χ3v) is 6.56. The lowest BCUT2D eigenvalue weighted by Crippen LogP contribution is -2.48. The Morgan fingerprint density at radius 3 is 2.57 bits per heavy atom. The molecule has 1 aliphatic rings. The van der Waals surface area contributed by atoms with Crippen molar-refractivity contribution < 1.29 is 24.0 Å². The van der Waals surface area contributed by atoms with Crippen LogP contribution in [-0.2, 0) is 17.8 Å². The molecule has 0 radical (unpaired) electrons. The molecular formula is C20H23ClN4O4S. The fourth-order valence-corrected chi connectivity index (χ4v) is 5.20. The van der Waals surface area contributed by atoms with E-state index in [0.717, 1.165) is 17.0 Å². The standard InChI is InChI=1S/C20H23ClN4O4S/c1-25(9-2-3-16(26)27)10-8-14-15(11-25)30-19(17(14)18(22)28)24-20(29)23-13-6-4-12(21)5-7-13/h4-7H,2-3,8-11H2,1H3,(H4-,22,23,24,26,27,28,29). The first-order valence-corrected chi connectivity index (χ1v) is 10.7. The van der Waals surface area contributed by atoms with E-state index in [1.807, 2.05) is 0 Å². The Kier molecular flexibility index (Phi) is 6.64. The third-order valence-electron chi connectivity index (χ3n) is 5.17. The number of halogens is 1. The maximum absolute atomic E-state index is 12.4. The Bertz CT molecular complexity index is 976. The van der Waals surface area contributed by atoms with Gasteiger partial charge in [0.15, 0.2) is 0 Å². The van der Waals surface area contributed by atoms with E-state index in [-0.39, 0.29) is 6.42 Å². The zero-order valence-corrected chi connectivity index (χ0v) is 18.1. The minimum absolute atomic E-state index is 0.0232. The van der Waals surface area contributed by atoms with Gasteiger partial charge in [0.25, 0.3) is 5.91 Å². The van der Waals surface area contributed by atoms with E-state index in [2.05, 4.69) is 17.7 Å². The van der Waals surface area contributed by atoms with Crippen molar-refractivity contribution in [2.75, 3.05) is 30.8 Å². The lowest BCUT2D eigenvalue weighted by molar-refractivity contribution is -0.924. The number of carboxylic acid groups (broad SMARTS) is 1. The number of fused-ring (bicyclic) bond motifs is 1. The number of thiophene rings is 1. The van der Waals surface area contributed by atoms with E-state index in [9.17, 15) is 19.5 Å². The molecule has 0 aliphatic carbocycles. The summed E-state index contributed by atoms with van der Waals surface area (Å²) >= 11 is 7.19. The Labute approximate surface area is 183 Å². The SMILES string of the molecule is C[N+]1(CCCC(=O)[O-])CCc2c(sc(NC(=O)Nc3ccc(Cl)cc3)c2C(N)=O)C1. The van der Waals surface area contributed by atoms with Gasteiger partial charge in [0.05, 0.1) is 30.6 Å². The molecule has 1 unspecified atom stereocenters. The van der Waals surface area contributed by atoms with E-state index >= 15 is 0 Å². The van der Waals surface area contributed by atoms with Crippen LogP contribution < -0.4 is 21.5 Å². The number of nitrogens with two attached hydrogens (primary N) is 1. The molecule has 1 atom stereocenters. The molecule has 0 saturated carbocycles. The van der Waals surface area contributed by atoms with Crippen molar-refractivity contribution in [2.24, 2.45) is 5.73 Å². The fraction of sp³-hybridized carbons (Fsp3) is 0.350. The van der Waals surface area contributed by atoms with Crippen LogP contribution in [0.5, 0.6) is 0 Å². The van der Waals surface area contributed by atoms with Gasteiger partial charge in [-0.1, -0.05) is 11.6 Å². The van der Waals surface area contributed by atoms with Gasteiger partial charge in [-0.25, -0.2) is 4.79 Å². The summed E-state index contributed by atoms with van der Waals surface area (Å²) in [7, 11) is 2.06. The number of rotatable bonds is 7. The number of urea groups is 1. The topological polar surface area (TPSA) is 124 Å². The maximum Gasteiger partial charge on any atom is 0.324 e. The van der Waals surface area contributed by atoms with Gasteiger partial charge < -0.3 is 25.4 Å². The van der Waals surface area contributed by atoms with Crippen molar-refractivity contribution in [3.63, 3.8) is 0 Å². The lowest BCUT2D eigenvalue weighted by atomic mass is 10.0. The molecule has 160 valence electrons. The summed E-state index contributed by atoms with van der Waals surface area (Å²) in [5, 5.41) is 17.1. The quantitative estimate of drug-likeness (QED) is 0.559. The number of carbonyl (C=O) groups is 3. The predicted molar refractivity (Wildman–Crippen MR) is 114 cm³/mol. The first kappa shape index (κ1) is 22.1. The summed E-state index contributed by atoms with van der Waals surface area (Å²) in [4.78, 5) is 36.2. The smallest absolute Gasteiger partial charge is 0.324 e. The number of nitrogens with one attached hydrogen (secondary N) is 2. The number of aliphatic carboxylic acids is 1. The second-order valence-electron chi connectivity index (χ2n) is 7.61. The highest BCUT2D eigenvalue weighted by molar-refractivity contribution is 7.17. The monoisotopic (exact) mass is 450 g/mol. The van der Waals surface area contributed by atoms with Crippen molar-refractivity contribution in [1.29, 1.82) is 0 Å². The maximum atomic E-state index is 12.4. The summed E-state index contributed by atoms with van der Waals surface area (Å²) in [6.45, 7) is 2.10. The first-order valence-electron chi connectivity index (χ1n) is 9.48. The third kappa shape index (κ3) is 5.29. The second kappa shape index (κ2) is 9.03. The number of nitrogens with zero attached hydrogens (tertiary/aromatic N) is 1. The number of hydrogen-bond acceptors (Lipinski definition) is 5. The fourth-order valence-electron chi connectivity index (χ4n) is 3.66. The molecule has 4 N–H and O–H groups in total. The lowest BCUT2D eigenvalue weighted by Gasteiger charge is -2.37. The molecule has 30 heavy (non-hydrogen) atoms. The molecule has 3 rings (SSSR count). The zero-order chi connectivity index (χ0) is 21.9. The van der Waals surface area contributed by atoms with Gasteiger partial charge in [0.1, 0.15) is 11.5 Å². The summed E-state index contributed by atoms with van der Waals surface area (Å²) in [6.07, 6.45) is 1.18. The predicted octanol–water partition coefficient (Wildman–Crippen LogP) is 2.18. The molecule has 2 aromatic rings. The van der Waals surface area contributed by atoms with Gasteiger partial charge >= 0.3 is 6.03 Å². The number of quaternary nitrogens is 1. The van der Waals surface area contributed by atoms with Crippen LogP contribution in [-0.4, -0.2) is 42.5 Å². The summed E-state index contributed by atoms with van der Waals surface area (Å²) in [5.74, 6) is -1.63. The molecule has 10 heteroatoms. The number of amides is 3. The average molecular weight is 451 g/mol. The molecule has 0 fully saturated rings. The minimum Gasteiger partial charge on any atom is -0.550 e. The van der Waals surface area contributed by atoms with Gasteiger partial charge in [-0.15, -0.1) is 11.3 Å². The number of benzene rings is 1. The van der Waals surface area contributed by atoms with E-state index in [1.54, 1.807) is 24.3 Å². The Morgan fingerprint density at radius 1 is 1.23 bits per heavy atom. The summed E-state index contributed by atoms with van der Waals surface area (Å²) in [6, 6.07) is 6.19. The zero-order valence-electron chi connectivity index (χ0n) is 16.5. The molecule has 1 aliphatic heterocycles. The Morgan fingerprint density at radius 2 is 1.93 bits per heavy atom. The van der Waals surface area contributed by atoms with Crippen LogP contribution in [0.2, 0.25) is 5.02 Å². The molecule has 2 heterocycles. The van der Waals surface area contributed by atoms with Crippen LogP contribution >= 0.6 is 22.9 Å². The van der Waals surface area contributed by atoms with E-state index < -0.39 is 17.9 Å². The normalized spacial score (nSPS) is 17.8. The molecular weight excluding hydrogens is 428 g/mol. The van der Waals surface area contributed by atoms with Crippen LogP contribution in [0.1, 0.15) is 33.6 Å². The Balaban J connectivity index is 1.75. The van der Waals surface area contributed by atoms with Crippen molar-refractivity contribution in [2.45, 2.75) is 25.8 Å². The molecule has 0 bridgehead atoms. The van der Waals surface area contributed by atoms with E-state index in [4.69, 9.17) is 17.3 Å². The molecule has 0 spiro atoms. The van der Waals surface area contributed by atoms with Crippen LogP contribution in [0.4, 0.5) is 15.5 Å². The molecule has 3 amide bonds. The van der Waals surface area contributed by atoms with Crippen LogP contribution in [0.3, 0.4) is 0 Å². The first-order chi connectivity index (χ1) is 14.2. The number of hydrogen-bond donors (Lipinski definition) is 3. The van der Waals surface area contributed by atoms with Gasteiger partial charge in [0.2, 0.25) is 0 Å². The largest absolute Gasteiger partial charge is 0.550 e. The highest BCUT2D eigenvalue weighted by atomic mass is 35.5. The van der Waals surface area contributed by atoms with Crippen molar-refractivity contribution >= 4 is 51.5 Å².